The number of piperidine rings is 1. The number of hydrogen-bond donors (Lipinski definition) is 2. The number of carboxylic acids is 1. The van der Waals surface area contributed by atoms with Crippen LogP contribution in [0.15, 0.2) is 30.3 Å². The van der Waals surface area contributed by atoms with E-state index in [1.807, 2.05) is 31.2 Å². The van der Waals surface area contributed by atoms with Gasteiger partial charge in [0, 0.05) is 18.7 Å². The molecule has 3 rings (SSSR count). The van der Waals surface area contributed by atoms with Crippen LogP contribution in [0.3, 0.4) is 0 Å². The minimum absolute atomic E-state index is 0.201. The molecule has 1 unspecified atom stereocenters. The molecule has 0 spiro atoms. The van der Waals surface area contributed by atoms with Crippen molar-refractivity contribution >= 4 is 11.9 Å². The van der Waals surface area contributed by atoms with Gasteiger partial charge >= 0.3 is 5.97 Å². The van der Waals surface area contributed by atoms with E-state index in [2.05, 4.69) is 10.2 Å². The Balaban J connectivity index is 1.78. The lowest BCUT2D eigenvalue weighted by Crippen LogP contribution is -2.48. The summed E-state index contributed by atoms with van der Waals surface area (Å²) in [5.41, 5.74) is 2.31. The number of rotatable bonds is 3. The second kappa shape index (κ2) is 6.11. The third-order valence-electron chi connectivity index (χ3n) is 4.66. The number of likely N-dealkylation sites (tertiary alicyclic amines) is 1. The molecule has 6 heteroatoms. The first-order valence-corrected chi connectivity index (χ1v) is 8.04. The highest BCUT2D eigenvalue weighted by Crippen LogP contribution is 2.30. The highest BCUT2D eigenvalue weighted by molar-refractivity contribution is 5.94. The van der Waals surface area contributed by atoms with Crippen LogP contribution in [0, 0.1) is 12.3 Å². The van der Waals surface area contributed by atoms with Crippen molar-refractivity contribution in [1.29, 1.82) is 0 Å². The van der Waals surface area contributed by atoms with E-state index in [0.717, 1.165) is 11.1 Å². The predicted octanol–water partition coefficient (Wildman–Crippen LogP) is 2.71. The molecule has 6 nitrogen and oxygen atoms in total. The van der Waals surface area contributed by atoms with Gasteiger partial charge in [0.1, 0.15) is 5.69 Å². The third-order valence-corrected chi connectivity index (χ3v) is 4.66. The van der Waals surface area contributed by atoms with Gasteiger partial charge in [-0.15, -0.1) is 0 Å². The highest BCUT2D eigenvalue weighted by atomic mass is 16.4. The molecule has 0 bridgehead atoms. The molecule has 1 saturated heterocycles. The van der Waals surface area contributed by atoms with Gasteiger partial charge < -0.3 is 10.0 Å². The van der Waals surface area contributed by atoms with E-state index in [9.17, 15) is 14.7 Å². The number of benzene rings is 1. The number of carbonyl (C=O) groups excluding carboxylic acids is 1. The maximum atomic E-state index is 12.7. The fourth-order valence-electron chi connectivity index (χ4n) is 3.06. The molecule has 126 valence electrons. The van der Waals surface area contributed by atoms with Crippen LogP contribution in [0.4, 0.5) is 0 Å². The Morgan fingerprint density at radius 3 is 2.67 bits per heavy atom. The molecule has 0 aliphatic carbocycles. The normalized spacial score (nSPS) is 20.8. The molecule has 1 aliphatic heterocycles. The Bertz CT molecular complexity index is 766. The molecule has 1 amide bonds. The van der Waals surface area contributed by atoms with Gasteiger partial charge in [0.25, 0.3) is 5.91 Å². The molecule has 1 atom stereocenters. The predicted molar refractivity (Wildman–Crippen MR) is 89.6 cm³/mol. The molecule has 0 saturated carbocycles. The van der Waals surface area contributed by atoms with E-state index in [1.54, 1.807) is 17.9 Å². The number of aliphatic carboxylic acids is 1. The Morgan fingerprint density at radius 1 is 1.29 bits per heavy atom. The summed E-state index contributed by atoms with van der Waals surface area (Å²) in [7, 11) is 0. The average Bonchev–Trinajstić information content (AvgIpc) is 3.04. The van der Waals surface area contributed by atoms with Gasteiger partial charge in [-0.3, -0.25) is 14.7 Å². The molecular formula is C18H21N3O3. The van der Waals surface area contributed by atoms with Crippen molar-refractivity contribution in [3.8, 4) is 11.3 Å². The number of carboxylic acid groups (broad SMARTS) is 1. The van der Waals surface area contributed by atoms with Gasteiger partial charge in [-0.2, -0.15) is 5.10 Å². The highest BCUT2D eigenvalue weighted by Gasteiger charge is 2.39. The van der Waals surface area contributed by atoms with Crippen LogP contribution < -0.4 is 0 Å². The topological polar surface area (TPSA) is 86.3 Å². The van der Waals surface area contributed by atoms with Crippen molar-refractivity contribution in [3.63, 3.8) is 0 Å². The van der Waals surface area contributed by atoms with E-state index in [4.69, 9.17) is 0 Å². The second-order valence-electron chi connectivity index (χ2n) is 6.73. The summed E-state index contributed by atoms with van der Waals surface area (Å²) in [6, 6.07) is 9.63. The van der Waals surface area contributed by atoms with Crippen molar-refractivity contribution in [2.24, 2.45) is 5.41 Å². The van der Waals surface area contributed by atoms with Crippen LogP contribution in [-0.2, 0) is 4.79 Å². The number of aromatic nitrogens is 2. The minimum atomic E-state index is -0.881. The molecule has 2 N–H and O–H groups in total. The molecule has 1 aliphatic rings. The van der Waals surface area contributed by atoms with Crippen molar-refractivity contribution in [3.05, 3.63) is 41.6 Å². The van der Waals surface area contributed by atoms with Crippen LogP contribution in [0.25, 0.3) is 11.3 Å². The summed E-state index contributed by atoms with van der Waals surface area (Å²) in [6.45, 7) is 4.50. The third kappa shape index (κ3) is 3.04. The molecule has 24 heavy (non-hydrogen) atoms. The Morgan fingerprint density at radius 2 is 2.00 bits per heavy atom. The lowest BCUT2D eigenvalue weighted by atomic mass is 9.82. The summed E-state index contributed by atoms with van der Waals surface area (Å²) < 4.78 is 0. The number of nitrogens with one attached hydrogen (secondary N) is 1. The van der Waals surface area contributed by atoms with E-state index in [-0.39, 0.29) is 12.5 Å². The van der Waals surface area contributed by atoms with E-state index in [0.29, 0.717) is 30.8 Å². The van der Waals surface area contributed by atoms with Crippen molar-refractivity contribution in [1.82, 2.24) is 15.1 Å². The fraction of sp³-hybridized carbons (Fsp3) is 0.389. The van der Waals surface area contributed by atoms with Crippen LogP contribution in [-0.4, -0.2) is 45.2 Å². The smallest absolute Gasteiger partial charge is 0.311 e. The lowest BCUT2D eigenvalue weighted by Gasteiger charge is -2.37. The standard InChI is InChI=1S/C18H21N3O3/c1-12-4-6-13(7-5-12)14-10-15(20-19-14)16(22)21-9-3-8-18(2,11-21)17(23)24/h4-7,10H,3,8-9,11H2,1-2H3,(H,19,20)(H,23,24). The van der Waals surface area contributed by atoms with Gasteiger partial charge in [-0.05, 0) is 32.8 Å². The second-order valence-corrected chi connectivity index (χ2v) is 6.73. The van der Waals surface area contributed by atoms with Gasteiger partial charge in [0.2, 0.25) is 0 Å². The molecule has 1 fully saturated rings. The van der Waals surface area contributed by atoms with Crippen LogP contribution in [0.5, 0.6) is 0 Å². The fourth-order valence-corrected chi connectivity index (χ4v) is 3.06. The summed E-state index contributed by atoms with van der Waals surface area (Å²) in [5.74, 6) is -1.06. The SMILES string of the molecule is Cc1ccc(-c2cc(C(=O)N3CCCC(C)(C(=O)O)C3)[nH]n2)cc1. The summed E-state index contributed by atoms with van der Waals surface area (Å²) in [5, 5.41) is 16.4. The monoisotopic (exact) mass is 327 g/mol. The molecule has 1 aromatic heterocycles. The number of carbonyl (C=O) groups is 2. The van der Waals surface area contributed by atoms with Crippen LogP contribution in [0.2, 0.25) is 0 Å². The zero-order valence-corrected chi connectivity index (χ0v) is 13.9. The quantitative estimate of drug-likeness (QED) is 0.907. The van der Waals surface area contributed by atoms with Gasteiger partial charge in [0.05, 0.1) is 11.1 Å². The Hall–Kier alpha value is -2.63. The first kappa shape index (κ1) is 16.2. The maximum Gasteiger partial charge on any atom is 0.311 e. The number of nitrogens with zero attached hydrogens (tertiary/aromatic N) is 2. The minimum Gasteiger partial charge on any atom is -0.481 e. The molecule has 0 radical (unpaired) electrons. The first-order valence-electron chi connectivity index (χ1n) is 8.04. The van der Waals surface area contributed by atoms with Crippen molar-refractivity contribution in [2.45, 2.75) is 26.7 Å². The number of amides is 1. The zero-order valence-electron chi connectivity index (χ0n) is 13.9. The van der Waals surface area contributed by atoms with Gasteiger partial charge in [-0.25, -0.2) is 0 Å². The van der Waals surface area contributed by atoms with Crippen LogP contribution >= 0.6 is 0 Å². The number of hydrogen-bond acceptors (Lipinski definition) is 3. The Kier molecular flexibility index (Phi) is 4.13. The van der Waals surface area contributed by atoms with Gasteiger partial charge in [0.15, 0.2) is 0 Å². The largest absolute Gasteiger partial charge is 0.481 e. The van der Waals surface area contributed by atoms with E-state index >= 15 is 0 Å². The number of aryl methyl sites for hydroxylation is 1. The summed E-state index contributed by atoms with van der Waals surface area (Å²) in [6.07, 6.45) is 1.28. The number of aromatic amines is 1. The maximum absolute atomic E-state index is 12.7. The van der Waals surface area contributed by atoms with Crippen LogP contribution in [0.1, 0.15) is 35.8 Å². The lowest BCUT2D eigenvalue weighted by molar-refractivity contribution is -0.150. The average molecular weight is 327 g/mol. The summed E-state index contributed by atoms with van der Waals surface area (Å²) in [4.78, 5) is 25.7. The van der Waals surface area contributed by atoms with E-state index in [1.165, 1.54) is 0 Å². The molecule has 2 aromatic rings. The molecule has 2 heterocycles. The van der Waals surface area contributed by atoms with Gasteiger partial charge in [-0.1, -0.05) is 29.8 Å². The van der Waals surface area contributed by atoms with Crippen molar-refractivity contribution in [2.75, 3.05) is 13.1 Å². The molecule has 1 aromatic carbocycles. The zero-order chi connectivity index (χ0) is 17.3. The van der Waals surface area contributed by atoms with E-state index < -0.39 is 11.4 Å². The Labute approximate surface area is 140 Å². The number of H-pyrrole nitrogens is 1. The molecular weight excluding hydrogens is 306 g/mol. The first-order chi connectivity index (χ1) is 11.4. The van der Waals surface area contributed by atoms with Crippen molar-refractivity contribution < 1.29 is 14.7 Å². The summed E-state index contributed by atoms with van der Waals surface area (Å²) >= 11 is 0.